The summed E-state index contributed by atoms with van der Waals surface area (Å²) in [5.41, 5.74) is -0.442. The van der Waals surface area contributed by atoms with Crippen molar-refractivity contribution in [3.63, 3.8) is 0 Å². The van der Waals surface area contributed by atoms with Crippen molar-refractivity contribution in [1.29, 1.82) is 0 Å². The maximum absolute atomic E-state index is 10.3. The van der Waals surface area contributed by atoms with Crippen LogP contribution in [0.2, 0.25) is 0 Å². The molecule has 2 fully saturated rings. The first-order chi connectivity index (χ1) is 10.7. The van der Waals surface area contributed by atoms with E-state index in [2.05, 4.69) is 27.1 Å². The van der Waals surface area contributed by atoms with Crippen LogP contribution < -0.4 is 10.2 Å². The summed E-state index contributed by atoms with van der Waals surface area (Å²) in [6, 6.07) is 2.37. The minimum absolute atomic E-state index is 0.413. The number of rotatable bonds is 4. The molecule has 0 spiro atoms. The standard InChI is InChI=1S/C17H28N4O/c1-2-17(22)9-6-14(7-10-17)19-15-8-11-18-16(20-15)21-12-4-3-5-13-21/h8,11,14,22H,2-7,9-10,12-13H2,1H3,(H,18,19,20). The van der Waals surface area contributed by atoms with E-state index in [-0.39, 0.29) is 0 Å². The summed E-state index contributed by atoms with van der Waals surface area (Å²) in [7, 11) is 0. The fraction of sp³-hybridized carbons (Fsp3) is 0.765. The molecule has 2 N–H and O–H groups in total. The van der Waals surface area contributed by atoms with Gasteiger partial charge < -0.3 is 15.3 Å². The molecule has 0 amide bonds. The van der Waals surface area contributed by atoms with Crippen molar-refractivity contribution >= 4 is 11.8 Å². The summed E-state index contributed by atoms with van der Waals surface area (Å²) in [5.74, 6) is 1.77. The van der Waals surface area contributed by atoms with Crippen LogP contribution in [0.1, 0.15) is 58.3 Å². The van der Waals surface area contributed by atoms with Crippen molar-refractivity contribution < 1.29 is 5.11 Å². The van der Waals surface area contributed by atoms with E-state index in [4.69, 9.17) is 0 Å². The van der Waals surface area contributed by atoms with Crippen LogP contribution >= 0.6 is 0 Å². The van der Waals surface area contributed by atoms with Crippen LogP contribution in [0.3, 0.4) is 0 Å². The zero-order valence-electron chi connectivity index (χ0n) is 13.6. The molecule has 1 aliphatic heterocycles. The molecule has 0 atom stereocenters. The van der Waals surface area contributed by atoms with Gasteiger partial charge in [0.25, 0.3) is 0 Å². The fourth-order valence-corrected chi connectivity index (χ4v) is 3.54. The SMILES string of the molecule is CCC1(O)CCC(Nc2ccnc(N3CCCCC3)n2)CC1. The number of hydrogen-bond donors (Lipinski definition) is 2. The molecule has 0 radical (unpaired) electrons. The van der Waals surface area contributed by atoms with Gasteiger partial charge in [-0.25, -0.2) is 4.98 Å². The highest BCUT2D eigenvalue weighted by Crippen LogP contribution is 2.32. The van der Waals surface area contributed by atoms with Crippen LogP contribution in [0.25, 0.3) is 0 Å². The molecule has 122 valence electrons. The number of nitrogens with zero attached hydrogens (tertiary/aromatic N) is 3. The van der Waals surface area contributed by atoms with Crippen molar-refractivity contribution in [2.24, 2.45) is 0 Å². The normalized spacial score (nSPS) is 29.4. The van der Waals surface area contributed by atoms with E-state index in [1.807, 2.05) is 12.3 Å². The molecule has 0 bridgehead atoms. The van der Waals surface area contributed by atoms with Gasteiger partial charge in [0.1, 0.15) is 5.82 Å². The number of hydrogen-bond acceptors (Lipinski definition) is 5. The predicted octanol–water partition coefficient (Wildman–Crippen LogP) is 2.96. The number of anilines is 2. The second-order valence-corrected chi connectivity index (χ2v) is 6.79. The molecule has 5 heteroatoms. The average molecular weight is 304 g/mol. The third kappa shape index (κ3) is 3.69. The van der Waals surface area contributed by atoms with Crippen LogP contribution in [0.15, 0.2) is 12.3 Å². The van der Waals surface area contributed by atoms with Crippen molar-refractivity contribution in [2.75, 3.05) is 23.3 Å². The third-order valence-electron chi connectivity index (χ3n) is 5.21. The summed E-state index contributed by atoms with van der Waals surface area (Å²) < 4.78 is 0. The first kappa shape index (κ1) is 15.5. The summed E-state index contributed by atoms with van der Waals surface area (Å²) >= 11 is 0. The lowest BCUT2D eigenvalue weighted by Gasteiger charge is -2.35. The van der Waals surface area contributed by atoms with Crippen molar-refractivity contribution in [3.8, 4) is 0 Å². The quantitative estimate of drug-likeness (QED) is 0.895. The van der Waals surface area contributed by atoms with Crippen LogP contribution in [0.4, 0.5) is 11.8 Å². The van der Waals surface area contributed by atoms with E-state index >= 15 is 0 Å². The molecule has 1 saturated heterocycles. The molecule has 1 aromatic rings. The molecule has 5 nitrogen and oxygen atoms in total. The minimum Gasteiger partial charge on any atom is -0.390 e. The van der Waals surface area contributed by atoms with Gasteiger partial charge in [-0.3, -0.25) is 0 Å². The molecule has 1 aromatic heterocycles. The number of piperidine rings is 1. The topological polar surface area (TPSA) is 61.3 Å². The Labute approximate surface area is 133 Å². The van der Waals surface area contributed by atoms with E-state index in [0.29, 0.717) is 6.04 Å². The maximum Gasteiger partial charge on any atom is 0.227 e. The van der Waals surface area contributed by atoms with E-state index in [9.17, 15) is 5.11 Å². The van der Waals surface area contributed by atoms with Crippen LogP contribution in [-0.4, -0.2) is 39.8 Å². The molecular formula is C17H28N4O. The fourth-order valence-electron chi connectivity index (χ4n) is 3.54. The number of nitrogens with one attached hydrogen (secondary N) is 1. The van der Waals surface area contributed by atoms with Gasteiger partial charge in [-0.2, -0.15) is 4.98 Å². The second-order valence-electron chi connectivity index (χ2n) is 6.79. The lowest BCUT2D eigenvalue weighted by atomic mass is 9.80. The van der Waals surface area contributed by atoms with Gasteiger partial charge in [0, 0.05) is 25.3 Å². The molecule has 2 aliphatic rings. The molecule has 22 heavy (non-hydrogen) atoms. The van der Waals surface area contributed by atoms with Gasteiger partial charge in [-0.05, 0) is 57.4 Å². The lowest BCUT2D eigenvalue weighted by Crippen LogP contribution is -2.38. The highest BCUT2D eigenvalue weighted by atomic mass is 16.3. The van der Waals surface area contributed by atoms with Gasteiger partial charge in [0.05, 0.1) is 5.60 Å². The number of aliphatic hydroxyl groups is 1. The Balaban J connectivity index is 1.59. The Bertz CT molecular complexity index is 479. The molecule has 0 unspecified atom stereocenters. The minimum atomic E-state index is -0.442. The second kappa shape index (κ2) is 6.82. The highest BCUT2D eigenvalue weighted by molar-refractivity contribution is 5.42. The summed E-state index contributed by atoms with van der Waals surface area (Å²) in [5, 5.41) is 13.9. The predicted molar refractivity (Wildman–Crippen MR) is 89.2 cm³/mol. The zero-order valence-corrected chi connectivity index (χ0v) is 13.6. The first-order valence-electron chi connectivity index (χ1n) is 8.75. The largest absolute Gasteiger partial charge is 0.390 e. The van der Waals surface area contributed by atoms with Gasteiger partial charge in [0.2, 0.25) is 5.95 Å². The van der Waals surface area contributed by atoms with Crippen LogP contribution in [0, 0.1) is 0 Å². The van der Waals surface area contributed by atoms with E-state index in [0.717, 1.165) is 57.0 Å². The highest BCUT2D eigenvalue weighted by Gasteiger charge is 2.31. The maximum atomic E-state index is 10.3. The van der Waals surface area contributed by atoms with Gasteiger partial charge in [-0.15, -0.1) is 0 Å². The van der Waals surface area contributed by atoms with E-state index < -0.39 is 5.60 Å². The van der Waals surface area contributed by atoms with Crippen molar-refractivity contribution in [2.45, 2.75) is 69.9 Å². The average Bonchev–Trinajstić information content (AvgIpc) is 2.58. The van der Waals surface area contributed by atoms with Crippen molar-refractivity contribution in [1.82, 2.24) is 9.97 Å². The zero-order chi connectivity index (χ0) is 15.4. The summed E-state index contributed by atoms with van der Waals surface area (Å²) in [4.78, 5) is 11.4. The number of aromatic nitrogens is 2. The van der Waals surface area contributed by atoms with Gasteiger partial charge >= 0.3 is 0 Å². The van der Waals surface area contributed by atoms with Gasteiger partial charge in [0.15, 0.2) is 0 Å². The van der Waals surface area contributed by atoms with Gasteiger partial charge in [-0.1, -0.05) is 6.92 Å². The molecule has 1 aliphatic carbocycles. The molecular weight excluding hydrogens is 276 g/mol. The Hall–Kier alpha value is -1.36. The van der Waals surface area contributed by atoms with Crippen LogP contribution in [0.5, 0.6) is 0 Å². The molecule has 0 aromatic carbocycles. The van der Waals surface area contributed by atoms with E-state index in [1.54, 1.807) is 0 Å². The molecule has 2 heterocycles. The lowest BCUT2D eigenvalue weighted by molar-refractivity contribution is -0.00195. The first-order valence-corrected chi connectivity index (χ1v) is 8.75. The Kier molecular flexibility index (Phi) is 4.81. The Morgan fingerprint density at radius 2 is 2.00 bits per heavy atom. The summed E-state index contributed by atoms with van der Waals surface area (Å²) in [6.45, 7) is 4.20. The van der Waals surface area contributed by atoms with Crippen molar-refractivity contribution in [3.05, 3.63) is 12.3 Å². The molecule has 3 rings (SSSR count). The Morgan fingerprint density at radius 3 is 2.68 bits per heavy atom. The smallest absolute Gasteiger partial charge is 0.227 e. The molecule has 1 saturated carbocycles. The van der Waals surface area contributed by atoms with E-state index in [1.165, 1.54) is 19.3 Å². The third-order valence-corrected chi connectivity index (χ3v) is 5.21. The summed E-state index contributed by atoms with van der Waals surface area (Å²) in [6.07, 6.45) is 10.3. The Morgan fingerprint density at radius 1 is 1.27 bits per heavy atom. The van der Waals surface area contributed by atoms with Crippen LogP contribution in [-0.2, 0) is 0 Å². The monoisotopic (exact) mass is 304 g/mol.